The molecule has 0 atom stereocenters. The molecule has 0 aromatic heterocycles. The third-order valence-electron chi connectivity index (χ3n) is 5.43. The first-order chi connectivity index (χ1) is 12.3. The van der Waals surface area contributed by atoms with Gasteiger partial charge >= 0.3 is 0 Å². The SMILES string of the molecule is Cc1cc(C)c(S(=O)(=O)N2CCC(C(=O)N3CCNCC3)CC2)c(C)c1. The van der Waals surface area contributed by atoms with E-state index >= 15 is 0 Å². The van der Waals surface area contributed by atoms with Crippen molar-refractivity contribution in [3.05, 3.63) is 28.8 Å². The molecule has 7 heteroatoms. The fraction of sp³-hybridized carbons (Fsp3) is 0.632. The number of benzene rings is 1. The molecular formula is C19H29N3O3S. The zero-order chi connectivity index (χ0) is 18.9. The first-order valence-corrected chi connectivity index (χ1v) is 10.8. The number of rotatable bonds is 3. The van der Waals surface area contributed by atoms with Crippen LogP contribution in [-0.2, 0) is 14.8 Å². The lowest BCUT2D eigenvalue weighted by molar-refractivity contribution is -0.137. The molecule has 0 aliphatic carbocycles. The van der Waals surface area contributed by atoms with Gasteiger partial charge in [-0.15, -0.1) is 0 Å². The molecule has 2 aliphatic heterocycles. The molecule has 144 valence electrons. The van der Waals surface area contributed by atoms with Crippen molar-refractivity contribution in [2.24, 2.45) is 5.92 Å². The number of aryl methyl sites for hydroxylation is 3. The second kappa shape index (κ2) is 7.66. The standard InChI is InChI=1S/C19H29N3O3S/c1-14-12-15(2)18(16(3)13-14)26(24,25)22-8-4-17(5-9-22)19(23)21-10-6-20-7-11-21/h12-13,17,20H,4-11H2,1-3H3. The highest BCUT2D eigenvalue weighted by atomic mass is 32.2. The van der Waals surface area contributed by atoms with Crippen molar-refractivity contribution in [2.75, 3.05) is 39.3 Å². The maximum atomic E-state index is 13.1. The molecule has 2 fully saturated rings. The van der Waals surface area contributed by atoms with E-state index in [2.05, 4.69) is 5.32 Å². The predicted octanol–water partition coefficient (Wildman–Crippen LogP) is 1.44. The number of piperazine rings is 1. The highest BCUT2D eigenvalue weighted by molar-refractivity contribution is 7.89. The van der Waals surface area contributed by atoms with Gasteiger partial charge in [-0.25, -0.2) is 8.42 Å². The van der Waals surface area contributed by atoms with Crippen LogP contribution in [0.3, 0.4) is 0 Å². The highest BCUT2D eigenvalue weighted by Gasteiger charge is 2.35. The van der Waals surface area contributed by atoms with Crippen LogP contribution in [0.4, 0.5) is 0 Å². The smallest absolute Gasteiger partial charge is 0.243 e. The van der Waals surface area contributed by atoms with Gasteiger partial charge in [0.25, 0.3) is 0 Å². The summed E-state index contributed by atoms with van der Waals surface area (Å²) < 4.78 is 27.8. The first-order valence-electron chi connectivity index (χ1n) is 9.38. The maximum Gasteiger partial charge on any atom is 0.243 e. The number of nitrogens with one attached hydrogen (secondary N) is 1. The average molecular weight is 380 g/mol. The van der Waals surface area contributed by atoms with Crippen LogP contribution >= 0.6 is 0 Å². The van der Waals surface area contributed by atoms with Crippen LogP contribution in [0.1, 0.15) is 29.5 Å². The molecule has 2 heterocycles. The lowest BCUT2D eigenvalue weighted by atomic mass is 9.96. The van der Waals surface area contributed by atoms with E-state index in [1.165, 1.54) is 0 Å². The van der Waals surface area contributed by atoms with Gasteiger partial charge in [-0.1, -0.05) is 17.7 Å². The summed E-state index contributed by atoms with van der Waals surface area (Å²) in [7, 11) is -3.52. The van der Waals surface area contributed by atoms with Gasteiger partial charge in [-0.05, 0) is 44.7 Å². The van der Waals surface area contributed by atoms with Gasteiger partial charge in [-0.3, -0.25) is 4.79 Å². The molecule has 1 aromatic carbocycles. The summed E-state index contributed by atoms with van der Waals surface area (Å²) in [5, 5.41) is 3.25. The minimum absolute atomic E-state index is 0.0558. The number of carbonyl (C=O) groups excluding carboxylic acids is 1. The molecule has 1 aromatic rings. The monoisotopic (exact) mass is 379 g/mol. The Bertz CT molecular complexity index is 754. The molecule has 0 spiro atoms. The van der Waals surface area contributed by atoms with Crippen molar-refractivity contribution in [1.82, 2.24) is 14.5 Å². The Labute approximate surface area is 156 Å². The van der Waals surface area contributed by atoms with Crippen molar-refractivity contribution >= 4 is 15.9 Å². The zero-order valence-corrected chi connectivity index (χ0v) is 16.7. The second-order valence-electron chi connectivity index (χ2n) is 7.48. The Hall–Kier alpha value is -1.44. The van der Waals surface area contributed by atoms with Crippen LogP contribution in [0.5, 0.6) is 0 Å². The van der Waals surface area contributed by atoms with Crippen molar-refractivity contribution < 1.29 is 13.2 Å². The van der Waals surface area contributed by atoms with E-state index in [4.69, 9.17) is 0 Å². The maximum absolute atomic E-state index is 13.1. The molecule has 26 heavy (non-hydrogen) atoms. The molecule has 0 saturated carbocycles. The average Bonchev–Trinajstić information content (AvgIpc) is 2.61. The van der Waals surface area contributed by atoms with E-state index in [0.717, 1.165) is 42.9 Å². The minimum atomic E-state index is -3.52. The number of hydrogen-bond donors (Lipinski definition) is 1. The molecular weight excluding hydrogens is 350 g/mol. The fourth-order valence-electron chi connectivity index (χ4n) is 4.19. The van der Waals surface area contributed by atoms with Crippen molar-refractivity contribution in [2.45, 2.75) is 38.5 Å². The van der Waals surface area contributed by atoms with Crippen molar-refractivity contribution in [3.63, 3.8) is 0 Å². The summed E-state index contributed by atoms with van der Waals surface area (Å²) in [6, 6.07) is 3.83. The molecule has 2 saturated heterocycles. The largest absolute Gasteiger partial charge is 0.340 e. The number of amides is 1. The molecule has 6 nitrogen and oxygen atoms in total. The summed E-state index contributed by atoms with van der Waals surface area (Å²) in [6.07, 6.45) is 1.21. The Morgan fingerprint density at radius 3 is 2.08 bits per heavy atom. The molecule has 0 radical (unpaired) electrons. The molecule has 1 N–H and O–H groups in total. The fourth-order valence-corrected chi connectivity index (χ4v) is 6.07. The summed E-state index contributed by atoms with van der Waals surface area (Å²) >= 11 is 0. The van der Waals surface area contributed by atoms with E-state index in [0.29, 0.717) is 30.8 Å². The van der Waals surface area contributed by atoms with E-state index in [1.54, 1.807) is 4.31 Å². The molecule has 2 aliphatic rings. The molecule has 0 unspecified atom stereocenters. The second-order valence-corrected chi connectivity index (χ2v) is 9.36. The lowest BCUT2D eigenvalue weighted by Gasteiger charge is -2.35. The van der Waals surface area contributed by atoms with Gasteiger partial charge in [0.1, 0.15) is 0 Å². The predicted molar refractivity (Wildman–Crippen MR) is 102 cm³/mol. The van der Waals surface area contributed by atoms with Crippen LogP contribution in [-0.4, -0.2) is 62.8 Å². The number of sulfonamides is 1. The van der Waals surface area contributed by atoms with Gasteiger partial charge in [0.15, 0.2) is 0 Å². The minimum Gasteiger partial charge on any atom is -0.340 e. The molecule has 3 rings (SSSR count). The number of hydrogen-bond acceptors (Lipinski definition) is 4. The van der Waals surface area contributed by atoms with Crippen molar-refractivity contribution in [1.29, 1.82) is 0 Å². The normalized spacial score (nSPS) is 20.3. The number of piperidine rings is 1. The summed E-state index contributed by atoms with van der Waals surface area (Å²) in [5.74, 6) is 0.131. The van der Waals surface area contributed by atoms with Gasteiger partial charge in [0.2, 0.25) is 15.9 Å². The molecule has 1 amide bonds. The van der Waals surface area contributed by atoms with Crippen LogP contribution in [0.2, 0.25) is 0 Å². The van der Waals surface area contributed by atoms with Gasteiger partial charge in [0.05, 0.1) is 4.90 Å². The van der Waals surface area contributed by atoms with Crippen LogP contribution in [0.15, 0.2) is 17.0 Å². The Kier molecular flexibility index (Phi) is 5.69. The summed E-state index contributed by atoms with van der Waals surface area (Å²) in [6.45, 7) is 9.69. The molecule has 0 bridgehead atoms. The Morgan fingerprint density at radius 1 is 1.00 bits per heavy atom. The van der Waals surface area contributed by atoms with E-state index < -0.39 is 10.0 Å². The quantitative estimate of drug-likeness (QED) is 0.863. The van der Waals surface area contributed by atoms with Crippen LogP contribution in [0, 0.1) is 26.7 Å². The lowest BCUT2D eigenvalue weighted by Crippen LogP contribution is -2.50. The topological polar surface area (TPSA) is 69.7 Å². The van der Waals surface area contributed by atoms with Gasteiger partial charge in [0, 0.05) is 45.2 Å². The Morgan fingerprint density at radius 2 is 1.54 bits per heavy atom. The van der Waals surface area contributed by atoms with Crippen molar-refractivity contribution in [3.8, 4) is 0 Å². The summed E-state index contributed by atoms with van der Waals surface area (Å²) in [5.41, 5.74) is 2.65. The van der Waals surface area contributed by atoms with Gasteiger partial charge < -0.3 is 10.2 Å². The van der Waals surface area contributed by atoms with Gasteiger partial charge in [-0.2, -0.15) is 4.31 Å². The third-order valence-corrected chi connectivity index (χ3v) is 7.64. The Balaban J connectivity index is 1.70. The summed E-state index contributed by atoms with van der Waals surface area (Å²) in [4.78, 5) is 15.0. The number of carbonyl (C=O) groups is 1. The van der Waals surface area contributed by atoms with Crippen LogP contribution in [0.25, 0.3) is 0 Å². The van der Waals surface area contributed by atoms with E-state index in [9.17, 15) is 13.2 Å². The highest BCUT2D eigenvalue weighted by Crippen LogP contribution is 2.29. The van der Waals surface area contributed by atoms with E-state index in [1.807, 2.05) is 37.8 Å². The van der Waals surface area contributed by atoms with Crippen LogP contribution < -0.4 is 5.32 Å². The van der Waals surface area contributed by atoms with E-state index in [-0.39, 0.29) is 11.8 Å². The zero-order valence-electron chi connectivity index (χ0n) is 15.9. The third kappa shape index (κ3) is 3.80. The first kappa shape index (κ1) is 19.3. The number of nitrogens with zero attached hydrogens (tertiary/aromatic N) is 2.